The third-order valence-electron chi connectivity index (χ3n) is 2.96. The minimum atomic E-state index is -0.910. The Morgan fingerprint density at radius 3 is 2.42 bits per heavy atom. The predicted octanol–water partition coefficient (Wildman–Crippen LogP) is 3.76. The second kappa shape index (κ2) is 5.57. The van der Waals surface area contributed by atoms with E-state index in [1.54, 1.807) is 12.1 Å². The molecule has 0 saturated heterocycles. The van der Waals surface area contributed by atoms with E-state index < -0.39 is 5.97 Å². The summed E-state index contributed by atoms with van der Waals surface area (Å²) in [7, 11) is 0. The van der Waals surface area contributed by atoms with Crippen LogP contribution >= 0.6 is 0 Å². The summed E-state index contributed by atoms with van der Waals surface area (Å²) in [6, 6.07) is 12.8. The van der Waals surface area contributed by atoms with Gasteiger partial charge in [0.05, 0.1) is 12.2 Å². The van der Waals surface area contributed by atoms with Gasteiger partial charge in [-0.25, -0.2) is 4.79 Å². The first-order chi connectivity index (χ1) is 9.11. The minimum absolute atomic E-state index is 0.300. The largest absolute Gasteiger partial charge is 0.494 e. The lowest BCUT2D eigenvalue weighted by atomic mass is 9.98. The maximum atomic E-state index is 11.0. The molecule has 0 bridgehead atoms. The average Bonchev–Trinajstić information content (AvgIpc) is 2.40. The molecular formula is C16H16O3. The van der Waals surface area contributed by atoms with Crippen LogP contribution in [0, 0.1) is 6.92 Å². The molecule has 0 atom stereocenters. The van der Waals surface area contributed by atoms with Gasteiger partial charge in [0.2, 0.25) is 0 Å². The fourth-order valence-corrected chi connectivity index (χ4v) is 1.96. The second-order valence-corrected chi connectivity index (χ2v) is 4.29. The molecule has 3 nitrogen and oxygen atoms in total. The van der Waals surface area contributed by atoms with Crippen molar-refractivity contribution in [2.45, 2.75) is 13.8 Å². The Hall–Kier alpha value is -2.29. The van der Waals surface area contributed by atoms with Crippen LogP contribution in [0.4, 0.5) is 0 Å². The number of hydrogen-bond donors (Lipinski definition) is 1. The third kappa shape index (κ3) is 2.94. The van der Waals surface area contributed by atoms with Gasteiger partial charge in [-0.05, 0) is 54.8 Å². The quantitative estimate of drug-likeness (QED) is 0.906. The molecule has 0 aliphatic rings. The summed E-state index contributed by atoms with van der Waals surface area (Å²) in [4.78, 5) is 11.0. The number of rotatable bonds is 4. The first kappa shape index (κ1) is 13.1. The summed E-state index contributed by atoms with van der Waals surface area (Å²) in [6.07, 6.45) is 0. The molecule has 2 aromatic carbocycles. The molecule has 0 saturated carbocycles. The Morgan fingerprint density at radius 1 is 1.16 bits per heavy atom. The second-order valence-electron chi connectivity index (χ2n) is 4.29. The van der Waals surface area contributed by atoms with Crippen molar-refractivity contribution in [1.82, 2.24) is 0 Å². The van der Waals surface area contributed by atoms with E-state index in [4.69, 9.17) is 9.84 Å². The van der Waals surface area contributed by atoms with Gasteiger partial charge in [-0.1, -0.05) is 18.2 Å². The van der Waals surface area contributed by atoms with Crippen LogP contribution < -0.4 is 4.74 Å². The summed E-state index contributed by atoms with van der Waals surface area (Å²) in [5, 5.41) is 9.04. The average molecular weight is 256 g/mol. The lowest BCUT2D eigenvalue weighted by Crippen LogP contribution is -1.97. The predicted molar refractivity (Wildman–Crippen MR) is 74.7 cm³/mol. The summed E-state index contributed by atoms with van der Waals surface area (Å²) < 4.78 is 5.39. The van der Waals surface area contributed by atoms with Crippen molar-refractivity contribution in [3.63, 3.8) is 0 Å². The Bertz CT molecular complexity index is 585. The van der Waals surface area contributed by atoms with Gasteiger partial charge in [0.25, 0.3) is 0 Å². The smallest absolute Gasteiger partial charge is 0.335 e. The Morgan fingerprint density at radius 2 is 1.84 bits per heavy atom. The standard InChI is InChI=1S/C16H16O3/c1-3-19-14-8-6-12(7-9-14)15-10-13(16(17)18)5-4-11(15)2/h4-10H,3H2,1-2H3,(H,17,18). The van der Waals surface area contributed by atoms with E-state index in [1.807, 2.05) is 44.2 Å². The molecule has 0 heterocycles. The molecule has 0 aromatic heterocycles. The zero-order chi connectivity index (χ0) is 13.8. The summed E-state index contributed by atoms with van der Waals surface area (Å²) in [5.41, 5.74) is 3.27. The Balaban J connectivity index is 2.40. The lowest BCUT2D eigenvalue weighted by molar-refractivity contribution is 0.0697. The van der Waals surface area contributed by atoms with Crippen LogP contribution in [0.5, 0.6) is 5.75 Å². The molecular weight excluding hydrogens is 240 g/mol. The summed E-state index contributed by atoms with van der Waals surface area (Å²) >= 11 is 0. The zero-order valence-electron chi connectivity index (χ0n) is 11.0. The topological polar surface area (TPSA) is 46.5 Å². The van der Waals surface area contributed by atoms with Gasteiger partial charge < -0.3 is 9.84 Å². The highest BCUT2D eigenvalue weighted by molar-refractivity contribution is 5.90. The number of hydrogen-bond acceptors (Lipinski definition) is 2. The number of aromatic carboxylic acids is 1. The van der Waals surface area contributed by atoms with E-state index in [0.717, 1.165) is 22.4 Å². The van der Waals surface area contributed by atoms with E-state index >= 15 is 0 Å². The number of carboxylic acids is 1. The lowest BCUT2D eigenvalue weighted by Gasteiger charge is -2.09. The molecule has 0 fully saturated rings. The van der Waals surface area contributed by atoms with Crippen molar-refractivity contribution < 1.29 is 14.6 Å². The third-order valence-corrected chi connectivity index (χ3v) is 2.96. The van der Waals surface area contributed by atoms with Gasteiger partial charge in [-0.3, -0.25) is 0 Å². The van der Waals surface area contributed by atoms with E-state index in [-0.39, 0.29) is 0 Å². The Labute approximate surface area is 112 Å². The van der Waals surface area contributed by atoms with Crippen molar-refractivity contribution in [3.8, 4) is 16.9 Å². The monoisotopic (exact) mass is 256 g/mol. The molecule has 0 spiro atoms. The number of carboxylic acid groups (broad SMARTS) is 1. The number of benzene rings is 2. The number of ether oxygens (including phenoxy) is 1. The molecule has 0 amide bonds. The van der Waals surface area contributed by atoms with Crippen molar-refractivity contribution in [1.29, 1.82) is 0 Å². The normalized spacial score (nSPS) is 10.2. The van der Waals surface area contributed by atoms with Crippen LogP contribution in [0.2, 0.25) is 0 Å². The number of aryl methyl sites for hydroxylation is 1. The molecule has 0 radical (unpaired) electrons. The summed E-state index contributed by atoms with van der Waals surface area (Å²) in [6.45, 7) is 4.54. The van der Waals surface area contributed by atoms with Crippen LogP contribution in [0.25, 0.3) is 11.1 Å². The first-order valence-electron chi connectivity index (χ1n) is 6.19. The maximum absolute atomic E-state index is 11.0. The molecule has 0 aliphatic carbocycles. The molecule has 0 aliphatic heterocycles. The van der Waals surface area contributed by atoms with E-state index in [9.17, 15) is 4.79 Å². The van der Waals surface area contributed by atoms with Gasteiger partial charge in [0.1, 0.15) is 5.75 Å². The molecule has 2 rings (SSSR count). The maximum Gasteiger partial charge on any atom is 0.335 e. The first-order valence-corrected chi connectivity index (χ1v) is 6.19. The molecule has 1 N–H and O–H groups in total. The van der Waals surface area contributed by atoms with Crippen LogP contribution in [0.3, 0.4) is 0 Å². The van der Waals surface area contributed by atoms with Gasteiger partial charge in [-0.2, -0.15) is 0 Å². The highest BCUT2D eigenvalue weighted by Gasteiger charge is 2.08. The van der Waals surface area contributed by atoms with E-state index in [1.165, 1.54) is 0 Å². The van der Waals surface area contributed by atoms with Gasteiger partial charge >= 0.3 is 5.97 Å². The van der Waals surface area contributed by atoms with Gasteiger partial charge in [0, 0.05) is 0 Å². The SMILES string of the molecule is CCOc1ccc(-c2cc(C(=O)O)ccc2C)cc1. The highest BCUT2D eigenvalue weighted by Crippen LogP contribution is 2.26. The molecule has 3 heteroatoms. The van der Waals surface area contributed by atoms with Gasteiger partial charge in [0.15, 0.2) is 0 Å². The highest BCUT2D eigenvalue weighted by atomic mass is 16.5. The molecule has 0 unspecified atom stereocenters. The van der Waals surface area contributed by atoms with E-state index in [2.05, 4.69) is 0 Å². The fourth-order valence-electron chi connectivity index (χ4n) is 1.96. The van der Waals surface area contributed by atoms with Crippen molar-refractivity contribution >= 4 is 5.97 Å². The number of carbonyl (C=O) groups is 1. The fraction of sp³-hybridized carbons (Fsp3) is 0.188. The molecule has 2 aromatic rings. The van der Waals surface area contributed by atoms with Crippen molar-refractivity contribution in [3.05, 3.63) is 53.6 Å². The van der Waals surface area contributed by atoms with Crippen LogP contribution in [-0.2, 0) is 0 Å². The molecule has 19 heavy (non-hydrogen) atoms. The zero-order valence-corrected chi connectivity index (χ0v) is 11.0. The van der Waals surface area contributed by atoms with E-state index in [0.29, 0.717) is 12.2 Å². The van der Waals surface area contributed by atoms with Gasteiger partial charge in [-0.15, -0.1) is 0 Å². The van der Waals surface area contributed by atoms with Crippen LogP contribution in [0.15, 0.2) is 42.5 Å². The van der Waals surface area contributed by atoms with Crippen LogP contribution in [-0.4, -0.2) is 17.7 Å². The minimum Gasteiger partial charge on any atom is -0.494 e. The Kier molecular flexibility index (Phi) is 3.85. The van der Waals surface area contributed by atoms with Crippen molar-refractivity contribution in [2.75, 3.05) is 6.61 Å². The van der Waals surface area contributed by atoms with Crippen molar-refractivity contribution in [2.24, 2.45) is 0 Å². The van der Waals surface area contributed by atoms with Crippen LogP contribution in [0.1, 0.15) is 22.8 Å². The molecule has 98 valence electrons. The summed E-state index contributed by atoms with van der Waals surface area (Å²) in [5.74, 6) is -0.0921.